The van der Waals surface area contributed by atoms with E-state index in [-0.39, 0.29) is 5.91 Å². The molecule has 0 saturated carbocycles. The molecule has 1 N–H and O–H groups in total. The number of carbonyl (C=O) groups is 1. The molecule has 0 spiro atoms. The molecule has 9 heteroatoms. The van der Waals surface area contributed by atoms with Crippen molar-refractivity contribution >= 4 is 29.5 Å². The van der Waals surface area contributed by atoms with E-state index < -0.39 is 0 Å². The number of morpholine rings is 1. The van der Waals surface area contributed by atoms with Crippen LogP contribution in [0.2, 0.25) is 0 Å². The highest BCUT2D eigenvalue weighted by Crippen LogP contribution is 2.21. The van der Waals surface area contributed by atoms with E-state index in [9.17, 15) is 4.79 Å². The Morgan fingerprint density at radius 1 is 1.38 bits per heavy atom. The van der Waals surface area contributed by atoms with Crippen LogP contribution >= 0.6 is 0 Å². The summed E-state index contributed by atoms with van der Waals surface area (Å²) in [4.78, 5) is 24.9. The van der Waals surface area contributed by atoms with Gasteiger partial charge in [0.05, 0.1) is 13.2 Å². The van der Waals surface area contributed by atoms with E-state index >= 15 is 0 Å². The molecule has 2 aromatic rings. The van der Waals surface area contributed by atoms with E-state index in [1.54, 1.807) is 32.6 Å². The van der Waals surface area contributed by atoms with Gasteiger partial charge >= 0.3 is 0 Å². The van der Waals surface area contributed by atoms with Crippen molar-refractivity contribution in [2.45, 2.75) is 6.92 Å². The minimum atomic E-state index is -0.146. The average molecular weight is 331 g/mol. The van der Waals surface area contributed by atoms with Gasteiger partial charge in [-0.2, -0.15) is 10.1 Å². The van der Waals surface area contributed by atoms with Gasteiger partial charge in [-0.1, -0.05) is 0 Å². The Kier molecular flexibility index (Phi) is 4.61. The van der Waals surface area contributed by atoms with Crippen LogP contribution in [0.4, 0.5) is 11.8 Å². The summed E-state index contributed by atoms with van der Waals surface area (Å²) in [5.41, 5.74) is 3.90. The van der Waals surface area contributed by atoms with Gasteiger partial charge in [0.15, 0.2) is 5.82 Å². The molecule has 0 aromatic carbocycles. The lowest BCUT2D eigenvalue weighted by Crippen LogP contribution is -2.38. The summed E-state index contributed by atoms with van der Waals surface area (Å²) in [5.74, 6) is 1.15. The summed E-state index contributed by atoms with van der Waals surface area (Å²) < 4.78 is 7.25. The maximum Gasteiger partial charge on any atom is 0.273 e. The predicted octanol–water partition coefficient (Wildman–Crippen LogP) is 0.685. The molecule has 9 nitrogen and oxygen atoms in total. The third kappa shape index (κ3) is 3.16. The average Bonchev–Trinajstić information content (AvgIpc) is 3.03. The number of hydrogen-bond donors (Lipinski definition) is 1. The van der Waals surface area contributed by atoms with Gasteiger partial charge in [-0.3, -0.25) is 14.6 Å². The number of rotatable bonds is 4. The summed E-state index contributed by atoms with van der Waals surface area (Å²) in [5, 5.41) is 4.01. The number of nitrogens with one attached hydrogen (secondary N) is 1. The molecule has 24 heavy (non-hydrogen) atoms. The summed E-state index contributed by atoms with van der Waals surface area (Å²) in [6, 6.07) is 1.77. The first-order valence-electron chi connectivity index (χ1n) is 7.78. The maximum atomic E-state index is 12.2. The van der Waals surface area contributed by atoms with E-state index in [0.29, 0.717) is 30.4 Å². The second kappa shape index (κ2) is 6.83. The van der Waals surface area contributed by atoms with E-state index in [4.69, 9.17) is 4.74 Å². The predicted molar refractivity (Wildman–Crippen MR) is 91.8 cm³/mol. The fraction of sp³-hybridized carbons (Fsp3) is 0.467. The summed E-state index contributed by atoms with van der Waals surface area (Å²) in [7, 11) is 3.41. The number of ether oxygens (including phenoxy) is 1. The molecule has 0 bridgehead atoms. The van der Waals surface area contributed by atoms with Gasteiger partial charge < -0.3 is 14.5 Å². The maximum absolute atomic E-state index is 12.2. The van der Waals surface area contributed by atoms with Crippen LogP contribution in [0.5, 0.6) is 0 Å². The number of imidazole rings is 1. The van der Waals surface area contributed by atoms with E-state index in [2.05, 4.69) is 25.4 Å². The van der Waals surface area contributed by atoms with Crippen molar-refractivity contribution in [1.82, 2.24) is 19.3 Å². The Balaban J connectivity index is 2.08. The number of carbonyl (C=O) groups excluding carboxylic acids is 1. The van der Waals surface area contributed by atoms with E-state index in [1.165, 1.54) is 4.90 Å². The number of anilines is 2. The Labute approximate surface area is 139 Å². The third-order valence-electron chi connectivity index (χ3n) is 3.66. The second-order valence-corrected chi connectivity index (χ2v) is 5.59. The highest BCUT2D eigenvalue weighted by Gasteiger charge is 2.20. The lowest BCUT2D eigenvalue weighted by atomic mass is 10.4. The molecule has 3 heterocycles. The lowest BCUT2D eigenvalue weighted by molar-refractivity contribution is 0.0822. The van der Waals surface area contributed by atoms with Crippen LogP contribution in [0.25, 0.3) is 5.65 Å². The van der Waals surface area contributed by atoms with Gasteiger partial charge in [0.1, 0.15) is 11.3 Å². The largest absolute Gasteiger partial charge is 0.378 e. The molecule has 128 valence electrons. The molecule has 1 aliphatic heterocycles. The van der Waals surface area contributed by atoms with Crippen LogP contribution in [-0.4, -0.2) is 71.8 Å². The van der Waals surface area contributed by atoms with Crippen molar-refractivity contribution in [3.05, 3.63) is 18.0 Å². The molecule has 1 fully saturated rings. The summed E-state index contributed by atoms with van der Waals surface area (Å²) in [6.07, 6.45) is 3.37. The van der Waals surface area contributed by atoms with Crippen molar-refractivity contribution < 1.29 is 9.53 Å². The first-order valence-corrected chi connectivity index (χ1v) is 7.78. The molecule has 0 unspecified atom stereocenters. The third-order valence-corrected chi connectivity index (χ3v) is 3.66. The smallest absolute Gasteiger partial charge is 0.273 e. The van der Waals surface area contributed by atoms with Gasteiger partial charge in [0, 0.05) is 45.7 Å². The summed E-state index contributed by atoms with van der Waals surface area (Å²) >= 11 is 0. The molecule has 1 amide bonds. The molecular formula is C15H21N7O2. The highest BCUT2D eigenvalue weighted by atomic mass is 16.5. The van der Waals surface area contributed by atoms with Crippen LogP contribution in [0.1, 0.15) is 17.4 Å². The van der Waals surface area contributed by atoms with Gasteiger partial charge in [0.25, 0.3) is 5.91 Å². The van der Waals surface area contributed by atoms with E-state index in [1.807, 2.05) is 11.3 Å². The minimum Gasteiger partial charge on any atom is -0.378 e. The molecule has 0 aliphatic carbocycles. The Morgan fingerprint density at radius 2 is 2.12 bits per heavy atom. The molecule has 1 saturated heterocycles. The van der Waals surface area contributed by atoms with Crippen molar-refractivity contribution in [3.63, 3.8) is 0 Å². The first-order chi connectivity index (χ1) is 11.6. The van der Waals surface area contributed by atoms with Crippen molar-refractivity contribution in [3.8, 4) is 0 Å². The normalized spacial score (nSPS) is 15.2. The number of amides is 1. The fourth-order valence-electron chi connectivity index (χ4n) is 2.48. The van der Waals surface area contributed by atoms with E-state index in [0.717, 1.165) is 19.0 Å². The number of fused-ring (bicyclic) bond motifs is 1. The SMILES string of the molecule is C/C=N/Nc1cc2nc(C(=O)N(C)C)cn2c(N2CCOCC2)n1. The van der Waals surface area contributed by atoms with Crippen LogP contribution in [-0.2, 0) is 4.74 Å². The van der Waals surface area contributed by atoms with Gasteiger partial charge in [-0.15, -0.1) is 0 Å². The number of aromatic nitrogens is 3. The fourth-order valence-corrected chi connectivity index (χ4v) is 2.48. The second-order valence-electron chi connectivity index (χ2n) is 5.59. The topological polar surface area (TPSA) is 87.4 Å². The molecule has 0 atom stereocenters. The summed E-state index contributed by atoms with van der Waals surface area (Å²) in [6.45, 7) is 4.57. The monoisotopic (exact) mass is 331 g/mol. The molecule has 2 aromatic heterocycles. The lowest BCUT2D eigenvalue weighted by Gasteiger charge is -2.28. The Morgan fingerprint density at radius 3 is 2.79 bits per heavy atom. The van der Waals surface area contributed by atoms with Crippen molar-refractivity contribution in [1.29, 1.82) is 0 Å². The van der Waals surface area contributed by atoms with Gasteiger partial charge in [-0.05, 0) is 6.92 Å². The van der Waals surface area contributed by atoms with Crippen LogP contribution in [0, 0.1) is 0 Å². The molecule has 0 radical (unpaired) electrons. The Hall–Kier alpha value is -2.68. The number of hydrazone groups is 1. The number of nitrogens with zero attached hydrogens (tertiary/aromatic N) is 6. The van der Waals surface area contributed by atoms with Crippen molar-refractivity contribution in [2.75, 3.05) is 50.7 Å². The van der Waals surface area contributed by atoms with Gasteiger partial charge in [-0.25, -0.2) is 4.98 Å². The van der Waals surface area contributed by atoms with Crippen LogP contribution in [0.3, 0.4) is 0 Å². The number of hydrogen-bond acceptors (Lipinski definition) is 7. The quantitative estimate of drug-likeness (QED) is 0.655. The standard InChI is InChI=1S/C15H21N7O2/c1-4-16-19-12-9-13-17-11(14(23)20(2)3)10-22(13)15(18-12)21-5-7-24-8-6-21/h4,9-10,19H,5-8H2,1-3H3/b16-4+. The zero-order valence-electron chi connectivity index (χ0n) is 14.1. The van der Waals surface area contributed by atoms with Crippen LogP contribution < -0.4 is 10.3 Å². The Bertz CT molecular complexity index is 763. The molecule has 3 rings (SSSR count). The first kappa shape index (κ1) is 16.2. The highest BCUT2D eigenvalue weighted by molar-refractivity contribution is 5.92. The zero-order valence-corrected chi connectivity index (χ0v) is 14.1. The molecular weight excluding hydrogens is 310 g/mol. The zero-order chi connectivity index (χ0) is 17.1. The van der Waals surface area contributed by atoms with Gasteiger partial charge in [0.2, 0.25) is 5.95 Å². The minimum absolute atomic E-state index is 0.146. The van der Waals surface area contributed by atoms with Crippen LogP contribution in [0.15, 0.2) is 17.4 Å². The van der Waals surface area contributed by atoms with Crippen molar-refractivity contribution in [2.24, 2.45) is 5.10 Å². The molecule has 1 aliphatic rings.